The van der Waals surface area contributed by atoms with Crippen LogP contribution in [0.5, 0.6) is 11.5 Å². The number of rotatable bonds is 4. The number of aromatic nitrogens is 2. The van der Waals surface area contributed by atoms with E-state index in [0.29, 0.717) is 22.9 Å². The van der Waals surface area contributed by atoms with Crippen LogP contribution in [-0.2, 0) is 0 Å². The van der Waals surface area contributed by atoms with E-state index in [1.807, 2.05) is 18.2 Å². The Kier molecular flexibility index (Phi) is 3.91. The number of thiocarbonyl (C=S) groups is 1. The summed E-state index contributed by atoms with van der Waals surface area (Å²) in [6, 6.07) is 5.50. The van der Waals surface area contributed by atoms with Gasteiger partial charge in [0, 0.05) is 5.56 Å². The molecule has 0 amide bonds. The molecule has 0 aliphatic heterocycles. The largest absolute Gasteiger partial charge is 0.493 e. The fourth-order valence-corrected chi connectivity index (χ4v) is 1.72. The Labute approximate surface area is 116 Å². The van der Waals surface area contributed by atoms with Crippen LogP contribution in [0.25, 0.3) is 11.3 Å². The average Bonchev–Trinajstić information content (AvgIpc) is 2.46. The van der Waals surface area contributed by atoms with Crippen LogP contribution in [0.3, 0.4) is 0 Å². The Morgan fingerprint density at radius 3 is 2.53 bits per heavy atom. The lowest BCUT2D eigenvalue weighted by molar-refractivity contribution is 0.355. The van der Waals surface area contributed by atoms with Crippen LogP contribution in [-0.4, -0.2) is 29.2 Å². The molecule has 2 rings (SSSR count). The first kappa shape index (κ1) is 13.2. The predicted octanol–water partition coefficient (Wildman–Crippen LogP) is 1.79. The van der Waals surface area contributed by atoms with Gasteiger partial charge in [-0.15, -0.1) is 0 Å². The van der Waals surface area contributed by atoms with Crippen molar-refractivity contribution in [3.63, 3.8) is 0 Å². The Balaban J connectivity index is 2.47. The van der Waals surface area contributed by atoms with Crippen molar-refractivity contribution >= 4 is 17.2 Å². The lowest BCUT2D eigenvalue weighted by atomic mass is 10.1. The third-order valence-corrected chi connectivity index (χ3v) is 2.78. The predicted molar refractivity (Wildman–Crippen MR) is 76.5 cm³/mol. The molecule has 2 N–H and O–H groups in total. The second kappa shape index (κ2) is 5.62. The molecule has 1 heterocycles. The summed E-state index contributed by atoms with van der Waals surface area (Å²) in [5.41, 5.74) is 7.56. The van der Waals surface area contributed by atoms with Gasteiger partial charge in [0.25, 0.3) is 0 Å². The first-order valence-electron chi connectivity index (χ1n) is 5.50. The van der Waals surface area contributed by atoms with Crippen molar-refractivity contribution in [1.29, 1.82) is 0 Å². The number of hydrogen-bond donors (Lipinski definition) is 1. The molecular weight excluding hydrogens is 262 g/mol. The molecule has 0 spiro atoms. The van der Waals surface area contributed by atoms with Gasteiger partial charge in [0.05, 0.1) is 32.3 Å². The van der Waals surface area contributed by atoms with Gasteiger partial charge in [0.15, 0.2) is 11.5 Å². The molecule has 0 bridgehead atoms. The molecular formula is C13H13N3O2S. The van der Waals surface area contributed by atoms with E-state index in [-0.39, 0.29) is 4.99 Å². The molecule has 1 aromatic heterocycles. The van der Waals surface area contributed by atoms with Crippen LogP contribution in [0.2, 0.25) is 0 Å². The third kappa shape index (κ3) is 2.79. The molecule has 1 aromatic carbocycles. The zero-order valence-electron chi connectivity index (χ0n) is 10.6. The SMILES string of the molecule is COc1ccc(-c2cncc(C(N)=S)n2)cc1OC. The van der Waals surface area contributed by atoms with E-state index in [2.05, 4.69) is 9.97 Å². The molecule has 6 heteroatoms. The molecule has 98 valence electrons. The van der Waals surface area contributed by atoms with Crippen molar-refractivity contribution in [1.82, 2.24) is 9.97 Å². The van der Waals surface area contributed by atoms with Crippen LogP contribution in [0, 0.1) is 0 Å². The highest BCUT2D eigenvalue weighted by atomic mass is 32.1. The van der Waals surface area contributed by atoms with Gasteiger partial charge in [-0.2, -0.15) is 0 Å². The molecule has 5 nitrogen and oxygen atoms in total. The van der Waals surface area contributed by atoms with Crippen LogP contribution >= 0.6 is 12.2 Å². The van der Waals surface area contributed by atoms with Gasteiger partial charge in [-0.05, 0) is 18.2 Å². The molecule has 2 aromatic rings. The van der Waals surface area contributed by atoms with E-state index in [1.165, 1.54) is 6.20 Å². The minimum Gasteiger partial charge on any atom is -0.493 e. The van der Waals surface area contributed by atoms with E-state index in [4.69, 9.17) is 27.4 Å². The normalized spacial score (nSPS) is 10.0. The van der Waals surface area contributed by atoms with E-state index in [9.17, 15) is 0 Å². The number of ether oxygens (including phenoxy) is 2. The van der Waals surface area contributed by atoms with Gasteiger partial charge < -0.3 is 15.2 Å². The maximum absolute atomic E-state index is 5.55. The number of nitrogens with two attached hydrogens (primary N) is 1. The van der Waals surface area contributed by atoms with Crippen LogP contribution in [0.4, 0.5) is 0 Å². The molecule has 0 aliphatic carbocycles. The minimum absolute atomic E-state index is 0.217. The Morgan fingerprint density at radius 2 is 1.89 bits per heavy atom. The molecule has 0 fully saturated rings. The molecule has 0 radical (unpaired) electrons. The summed E-state index contributed by atoms with van der Waals surface area (Å²) in [6.07, 6.45) is 3.18. The topological polar surface area (TPSA) is 70.3 Å². The van der Waals surface area contributed by atoms with Gasteiger partial charge in [0.1, 0.15) is 10.7 Å². The van der Waals surface area contributed by atoms with Crippen molar-refractivity contribution in [2.45, 2.75) is 0 Å². The number of benzene rings is 1. The molecule has 0 saturated carbocycles. The Bertz CT molecular complexity index is 617. The van der Waals surface area contributed by atoms with Gasteiger partial charge in [-0.1, -0.05) is 12.2 Å². The molecule has 19 heavy (non-hydrogen) atoms. The lowest BCUT2D eigenvalue weighted by Crippen LogP contribution is -2.12. The molecule has 0 saturated heterocycles. The average molecular weight is 275 g/mol. The van der Waals surface area contributed by atoms with Gasteiger partial charge in [-0.3, -0.25) is 4.98 Å². The summed E-state index contributed by atoms with van der Waals surface area (Å²) in [5, 5.41) is 0. The zero-order chi connectivity index (χ0) is 13.8. The van der Waals surface area contributed by atoms with Gasteiger partial charge in [-0.25, -0.2) is 4.98 Å². The monoisotopic (exact) mass is 275 g/mol. The standard InChI is InChI=1S/C13H13N3O2S/c1-17-11-4-3-8(5-12(11)18-2)9-6-15-7-10(16-9)13(14)19/h3-7H,1-2H3,(H2,14,19). The van der Waals surface area contributed by atoms with Crippen molar-refractivity contribution in [2.75, 3.05) is 14.2 Å². The number of methoxy groups -OCH3 is 2. The van der Waals surface area contributed by atoms with Gasteiger partial charge in [0.2, 0.25) is 0 Å². The van der Waals surface area contributed by atoms with E-state index in [0.717, 1.165) is 5.56 Å². The fraction of sp³-hybridized carbons (Fsp3) is 0.154. The fourth-order valence-electron chi connectivity index (χ4n) is 1.62. The second-order valence-electron chi connectivity index (χ2n) is 3.72. The summed E-state index contributed by atoms with van der Waals surface area (Å²) < 4.78 is 10.4. The van der Waals surface area contributed by atoms with Crippen molar-refractivity contribution in [3.8, 4) is 22.8 Å². The first-order chi connectivity index (χ1) is 9.15. The Hall–Kier alpha value is -2.21. The smallest absolute Gasteiger partial charge is 0.161 e. The van der Waals surface area contributed by atoms with Crippen LogP contribution in [0.15, 0.2) is 30.6 Å². The zero-order valence-corrected chi connectivity index (χ0v) is 11.4. The van der Waals surface area contributed by atoms with Crippen molar-refractivity contribution < 1.29 is 9.47 Å². The molecule has 0 atom stereocenters. The van der Waals surface area contributed by atoms with E-state index < -0.39 is 0 Å². The maximum atomic E-state index is 5.55. The summed E-state index contributed by atoms with van der Waals surface area (Å²) in [5.74, 6) is 1.28. The molecule has 0 aliphatic rings. The van der Waals surface area contributed by atoms with E-state index in [1.54, 1.807) is 20.4 Å². The third-order valence-electron chi connectivity index (χ3n) is 2.57. The van der Waals surface area contributed by atoms with Crippen LogP contribution in [0.1, 0.15) is 5.69 Å². The van der Waals surface area contributed by atoms with Crippen molar-refractivity contribution in [2.24, 2.45) is 5.73 Å². The first-order valence-corrected chi connectivity index (χ1v) is 5.90. The van der Waals surface area contributed by atoms with Crippen molar-refractivity contribution in [3.05, 3.63) is 36.3 Å². The summed E-state index contributed by atoms with van der Waals surface area (Å²) in [4.78, 5) is 8.64. The highest BCUT2D eigenvalue weighted by molar-refractivity contribution is 7.80. The highest BCUT2D eigenvalue weighted by Crippen LogP contribution is 2.31. The van der Waals surface area contributed by atoms with Gasteiger partial charge >= 0.3 is 0 Å². The summed E-state index contributed by atoms with van der Waals surface area (Å²) in [7, 11) is 3.17. The minimum atomic E-state index is 0.217. The number of nitrogens with zero attached hydrogens (tertiary/aromatic N) is 2. The van der Waals surface area contributed by atoms with Crippen LogP contribution < -0.4 is 15.2 Å². The lowest BCUT2D eigenvalue weighted by Gasteiger charge is -2.09. The highest BCUT2D eigenvalue weighted by Gasteiger charge is 2.08. The summed E-state index contributed by atoms with van der Waals surface area (Å²) >= 11 is 4.89. The maximum Gasteiger partial charge on any atom is 0.161 e. The molecule has 0 unspecified atom stereocenters. The second-order valence-corrected chi connectivity index (χ2v) is 4.16. The Morgan fingerprint density at radius 1 is 1.16 bits per heavy atom. The van der Waals surface area contributed by atoms with E-state index >= 15 is 0 Å². The summed E-state index contributed by atoms with van der Waals surface area (Å²) in [6.45, 7) is 0. The number of hydrogen-bond acceptors (Lipinski definition) is 5. The quantitative estimate of drug-likeness (QED) is 0.858.